The molecule has 0 spiro atoms. The van der Waals surface area contributed by atoms with Crippen LogP contribution in [0.4, 0.5) is 18.0 Å². The molecule has 17 heavy (non-hydrogen) atoms. The van der Waals surface area contributed by atoms with Crippen molar-refractivity contribution in [2.24, 2.45) is 0 Å². The smallest absolute Gasteiger partial charge is 0.333 e. The maximum absolute atomic E-state index is 12.1. The average molecular weight is 332 g/mol. The molecule has 9 heteroatoms. The monoisotopic (exact) mass is 331 g/mol. The fourth-order valence-corrected chi connectivity index (χ4v) is 2.02. The maximum Gasteiger partial charge on any atom is 0.408 e. The minimum atomic E-state index is -4.44. The molecule has 1 rings (SSSR count). The number of rotatable bonds is 3. The van der Waals surface area contributed by atoms with Gasteiger partial charge >= 0.3 is 12.2 Å². The van der Waals surface area contributed by atoms with E-state index in [-0.39, 0.29) is 6.54 Å². The number of aromatic nitrogens is 1. The number of urea groups is 1. The van der Waals surface area contributed by atoms with Crippen LogP contribution in [-0.4, -0.2) is 22.6 Å². The van der Waals surface area contributed by atoms with E-state index in [9.17, 15) is 18.0 Å². The van der Waals surface area contributed by atoms with Crippen LogP contribution in [0.3, 0.4) is 0 Å². The number of alkyl halides is 3. The molecule has 2 N–H and O–H groups in total. The Morgan fingerprint density at radius 1 is 1.65 bits per heavy atom. The number of carbonyl (C=O) groups is 1. The maximum atomic E-state index is 12.1. The van der Waals surface area contributed by atoms with Crippen molar-refractivity contribution < 1.29 is 18.0 Å². The second-order valence-corrected chi connectivity index (χ2v) is 4.93. The molecule has 1 atom stereocenters. The Kier molecular flexibility index (Phi) is 4.75. The first-order valence-corrected chi connectivity index (χ1v) is 6.07. The number of nitrogens with one attached hydrogen (secondary N) is 2. The third kappa shape index (κ3) is 4.50. The van der Waals surface area contributed by atoms with E-state index in [0.29, 0.717) is 4.47 Å². The van der Waals surface area contributed by atoms with Gasteiger partial charge in [-0.15, -0.1) is 0 Å². The van der Waals surface area contributed by atoms with Gasteiger partial charge in [-0.2, -0.15) is 17.5 Å². The first kappa shape index (κ1) is 14.2. The Morgan fingerprint density at radius 2 is 2.29 bits per heavy atom. The predicted molar refractivity (Wildman–Crippen MR) is 60.7 cm³/mol. The lowest BCUT2D eigenvalue weighted by Crippen LogP contribution is -2.47. The summed E-state index contributed by atoms with van der Waals surface area (Å²) in [5.41, 5.74) is 0. The SMILES string of the molecule is C[C@H](NC(=O)NCc1sncc1Br)C(F)(F)F. The lowest BCUT2D eigenvalue weighted by Gasteiger charge is -2.17. The van der Waals surface area contributed by atoms with Gasteiger partial charge < -0.3 is 10.6 Å². The summed E-state index contributed by atoms with van der Waals surface area (Å²) in [6, 6.07) is -2.75. The number of hydrogen-bond donors (Lipinski definition) is 2. The Morgan fingerprint density at radius 3 is 2.76 bits per heavy atom. The molecular weight excluding hydrogens is 323 g/mol. The second kappa shape index (κ2) is 5.67. The summed E-state index contributed by atoms with van der Waals surface area (Å²) in [5.74, 6) is 0. The lowest BCUT2D eigenvalue weighted by molar-refractivity contribution is -0.148. The second-order valence-electron chi connectivity index (χ2n) is 3.19. The van der Waals surface area contributed by atoms with Crippen molar-refractivity contribution in [2.75, 3.05) is 0 Å². The van der Waals surface area contributed by atoms with Crippen LogP contribution in [0.5, 0.6) is 0 Å². The Bertz CT molecular complexity index is 396. The van der Waals surface area contributed by atoms with E-state index in [1.54, 1.807) is 11.5 Å². The molecular formula is C8H9BrF3N3OS. The van der Waals surface area contributed by atoms with Gasteiger partial charge in [0.2, 0.25) is 0 Å². The number of nitrogens with zero attached hydrogens (tertiary/aromatic N) is 1. The van der Waals surface area contributed by atoms with Crippen molar-refractivity contribution in [1.82, 2.24) is 15.0 Å². The zero-order valence-corrected chi connectivity index (χ0v) is 11.0. The molecule has 2 amide bonds. The largest absolute Gasteiger partial charge is 0.408 e. The van der Waals surface area contributed by atoms with Gasteiger partial charge in [0.05, 0.1) is 22.1 Å². The molecule has 0 aliphatic carbocycles. The van der Waals surface area contributed by atoms with Gasteiger partial charge in [-0.3, -0.25) is 0 Å². The fourth-order valence-electron chi connectivity index (χ4n) is 0.859. The van der Waals surface area contributed by atoms with Crippen molar-refractivity contribution >= 4 is 33.5 Å². The third-order valence-electron chi connectivity index (χ3n) is 1.84. The van der Waals surface area contributed by atoms with Crippen molar-refractivity contribution in [2.45, 2.75) is 25.7 Å². The summed E-state index contributed by atoms with van der Waals surface area (Å²) in [7, 11) is 0. The van der Waals surface area contributed by atoms with E-state index in [1.807, 2.05) is 0 Å². The summed E-state index contributed by atoms with van der Waals surface area (Å²) in [4.78, 5) is 11.9. The molecule has 4 nitrogen and oxygen atoms in total. The Hall–Kier alpha value is -0.830. The highest BCUT2D eigenvalue weighted by Crippen LogP contribution is 2.20. The molecule has 1 aromatic rings. The van der Waals surface area contributed by atoms with Crippen LogP contribution in [0, 0.1) is 0 Å². The van der Waals surface area contributed by atoms with E-state index in [0.717, 1.165) is 23.3 Å². The first-order valence-electron chi connectivity index (χ1n) is 4.51. The highest BCUT2D eigenvalue weighted by molar-refractivity contribution is 9.10. The van der Waals surface area contributed by atoms with Crippen LogP contribution in [0.2, 0.25) is 0 Å². The number of amides is 2. The summed E-state index contributed by atoms with van der Waals surface area (Å²) >= 11 is 4.35. The molecule has 0 aromatic carbocycles. The average Bonchev–Trinajstić information content (AvgIpc) is 2.59. The molecule has 0 radical (unpaired) electrons. The molecule has 0 saturated heterocycles. The number of halogens is 4. The van der Waals surface area contributed by atoms with Crippen LogP contribution in [0.1, 0.15) is 11.8 Å². The number of carbonyl (C=O) groups excluding carboxylic acids is 1. The third-order valence-corrected chi connectivity index (χ3v) is 3.58. The molecule has 0 aliphatic heterocycles. The van der Waals surface area contributed by atoms with E-state index in [4.69, 9.17) is 0 Å². The molecule has 0 aliphatic rings. The van der Waals surface area contributed by atoms with Gasteiger partial charge in [-0.1, -0.05) is 0 Å². The van der Waals surface area contributed by atoms with Gasteiger partial charge in [0.1, 0.15) is 6.04 Å². The van der Waals surface area contributed by atoms with Crippen LogP contribution in [0.15, 0.2) is 10.7 Å². The van der Waals surface area contributed by atoms with Crippen molar-refractivity contribution in [3.8, 4) is 0 Å². The Balaban J connectivity index is 2.39. The normalized spacial score (nSPS) is 13.2. The summed E-state index contributed by atoms with van der Waals surface area (Å²) < 4.78 is 40.9. The zero-order valence-electron chi connectivity index (χ0n) is 8.64. The summed E-state index contributed by atoms with van der Waals surface area (Å²) in [6.45, 7) is 1.00. The molecule has 96 valence electrons. The molecule has 1 aromatic heterocycles. The molecule has 0 unspecified atom stereocenters. The van der Waals surface area contributed by atoms with Crippen molar-refractivity contribution in [3.05, 3.63) is 15.5 Å². The fraction of sp³-hybridized carbons (Fsp3) is 0.500. The van der Waals surface area contributed by atoms with Gasteiger partial charge in [-0.25, -0.2) is 4.79 Å². The molecule has 0 fully saturated rings. The van der Waals surface area contributed by atoms with Crippen molar-refractivity contribution in [3.63, 3.8) is 0 Å². The van der Waals surface area contributed by atoms with Gasteiger partial charge in [-0.05, 0) is 34.4 Å². The van der Waals surface area contributed by atoms with Gasteiger partial charge in [0, 0.05) is 0 Å². The zero-order chi connectivity index (χ0) is 13.1. The molecule has 0 bridgehead atoms. The highest BCUT2D eigenvalue weighted by atomic mass is 79.9. The van der Waals surface area contributed by atoms with Crippen LogP contribution in [0.25, 0.3) is 0 Å². The van der Waals surface area contributed by atoms with Crippen LogP contribution in [-0.2, 0) is 6.54 Å². The van der Waals surface area contributed by atoms with Crippen LogP contribution >= 0.6 is 27.5 Å². The number of hydrogen-bond acceptors (Lipinski definition) is 3. The highest BCUT2D eigenvalue weighted by Gasteiger charge is 2.36. The minimum absolute atomic E-state index is 0.127. The quantitative estimate of drug-likeness (QED) is 0.894. The van der Waals surface area contributed by atoms with E-state index >= 15 is 0 Å². The lowest BCUT2D eigenvalue weighted by atomic mass is 10.3. The Labute approximate surface area is 108 Å². The molecule has 0 saturated carbocycles. The van der Waals surface area contributed by atoms with E-state index in [1.165, 1.54) is 0 Å². The topological polar surface area (TPSA) is 54.0 Å². The standard InChI is InChI=1S/C8H9BrF3N3OS/c1-4(8(10,11)12)15-7(16)13-3-6-5(9)2-14-17-6/h2,4H,3H2,1H3,(H2,13,15,16)/t4-/m0/s1. The van der Waals surface area contributed by atoms with Crippen molar-refractivity contribution in [1.29, 1.82) is 0 Å². The first-order chi connectivity index (χ1) is 7.80. The van der Waals surface area contributed by atoms with Gasteiger partial charge in [0.25, 0.3) is 0 Å². The van der Waals surface area contributed by atoms with E-state index in [2.05, 4.69) is 25.6 Å². The minimum Gasteiger partial charge on any atom is -0.333 e. The van der Waals surface area contributed by atoms with Gasteiger partial charge in [0.15, 0.2) is 0 Å². The molecule has 1 heterocycles. The van der Waals surface area contributed by atoms with Crippen LogP contribution < -0.4 is 10.6 Å². The summed E-state index contributed by atoms with van der Waals surface area (Å²) in [6.07, 6.45) is -2.89. The predicted octanol–water partition coefficient (Wildman–Crippen LogP) is 2.66. The summed E-state index contributed by atoms with van der Waals surface area (Å²) in [5, 5.41) is 4.11. The van der Waals surface area contributed by atoms with E-state index < -0.39 is 18.2 Å².